The summed E-state index contributed by atoms with van der Waals surface area (Å²) in [5.74, 6) is 0.703. The van der Waals surface area contributed by atoms with E-state index in [1.54, 1.807) is 36.4 Å². The quantitative estimate of drug-likeness (QED) is 0.382. The minimum absolute atomic E-state index is 0.162. The highest BCUT2D eigenvalue weighted by Crippen LogP contribution is 2.31. The summed E-state index contributed by atoms with van der Waals surface area (Å²) in [6.45, 7) is 4.23. The number of rotatable bonds is 8. The van der Waals surface area contributed by atoms with Crippen molar-refractivity contribution in [3.8, 4) is 11.5 Å². The van der Waals surface area contributed by atoms with Gasteiger partial charge in [-0.3, -0.25) is 4.79 Å². The number of carbonyl (C=O) groups is 2. The molecule has 1 heterocycles. The number of benzene rings is 3. The van der Waals surface area contributed by atoms with Crippen LogP contribution < -0.4 is 14.8 Å². The van der Waals surface area contributed by atoms with Crippen molar-refractivity contribution in [3.63, 3.8) is 0 Å². The Balaban J connectivity index is 1.52. The summed E-state index contributed by atoms with van der Waals surface area (Å²) >= 11 is 0. The molecule has 1 aliphatic rings. The smallest absolute Gasteiger partial charge is 0.363 e. The van der Waals surface area contributed by atoms with E-state index in [9.17, 15) is 9.59 Å². The van der Waals surface area contributed by atoms with Gasteiger partial charge in [0.15, 0.2) is 17.2 Å². The standard InChI is InChI=1S/C27H24N2O5/c1-3-32-25-16-20(9-14-24(25)33-17-19-7-5-4-6-8-19)15-23-27(31)34-26(29-23)21-10-12-22(13-11-21)28-18(2)30/h4-16H,3,17H2,1-2H3,(H,28,30)/b23-15+. The van der Waals surface area contributed by atoms with E-state index in [2.05, 4.69) is 10.3 Å². The van der Waals surface area contributed by atoms with Gasteiger partial charge in [-0.15, -0.1) is 0 Å². The molecule has 0 fully saturated rings. The highest BCUT2D eigenvalue weighted by Gasteiger charge is 2.24. The summed E-state index contributed by atoms with van der Waals surface area (Å²) < 4.78 is 17.0. The van der Waals surface area contributed by atoms with Gasteiger partial charge in [0, 0.05) is 18.2 Å². The van der Waals surface area contributed by atoms with Crippen molar-refractivity contribution in [1.82, 2.24) is 0 Å². The number of cyclic esters (lactones) is 1. The van der Waals surface area contributed by atoms with Gasteiger partial charge in [-0.1, -0.05) is 36.4 Å². The van der Waals surface area contributed by atoms with Gasteiger partial charge in [0.05, 0.1) is 6.61 Å². The van der Waals surface area contributed by atoms with Crippen molar-refractivity contribution < 1.29 is 23.8 Å². The van der Waals surface area contributed by atoms with E-state index in [0.29, 0.717) is 36.0 Å². The van der Waals surface area contributed by atoms with E-state index in [4.69, 9.17) is 14.2 Å². The molecule has 3 aromatic rings. The van der Waals surface area contributed by atoms with Crippen molar-refractivity contribution in [1.29, 1.82) is 0 Å². The molecule has 7 heteroatoms. The maximum atomic E-state index is 12.4. The molecule has 172 valence electrons. The Kier molecular flexibility index (Phi) is 7.03. The van der Waals surface area contributed by atoms with Crippen LogP contribution in [0, 0.1) is 0 Å². The first-order chi connectivity index (χ1) is 16.5. The zero-order valence-corrected chi connectivity index (χ0v) is 18.9. The van der Waals surface area contributed by atoms with Crippen LogP contribution in [0.5, 0.6) is 11.5 Å². The lowest BCUT2D eigenvalue weighted by Gasteiger charge is -2.12. The summed E-state index contributed by atoms with van der Waals surface area (Å²) in [5.41, 5.74) is 3.24. The lowest BCUT2D eigenvalue weighted by Crippen LogP contribution is -2.07. The zero-order valence-electron chi connectivity index (χ0n) is 18.9. The number of aliphatic imine (C=N–C) groups is 1. The Hall–Kier alpha value is -4.39. The van der Waals surface area contributed by atoms with Crippen LogP contribution in [0.25, 0.3) is 6.08 Å². The van der Waals surface area contributed by atoms with Crippen molar-refractivity contribution >= 4 is 29.5 Å². The van der Waals surface area contributed by atoms with Crippen LogP contribution in [0.15, 0.2) is 83.5 Å². The number of nitrogens with one attached hydrogen (secondary N) is 1. The summed E-state index contributed by atoms with van der Waals surface area (Å²) in [7, 11) is 0. The van der Waals surface area contributed by atoms with Gasteiger partial charge >= 0.3 is 5.97 Å². The fraction of sp³-hybridized carbons (Fsp3) is 0.148. The number of hydrogen-bond donors (Lipinski definition) is 1. The fourth-order valence-electron chi connectivity index (χ4n) is 3.33. The molecule has 4 rings (SSSR count). The molecule has 1 N–H and O–H groups in total. The molecule has 7 nitrogen and oxygen atoms in total. The van der Waals surface area contributed by atoms with Crippen LogP contribution in [0.3, 0.4) is 0 Å². The summed E-state index contributed by atoms with van der Waals surface area (Å²) in [6, 6.07) is 22.2. The average molecular weight is 456 g/mol. The zero-order chi connectivity index (χ0) is 23.9. The van der Waals surface area contributed by atoms with Gasteiger partial charge in [-0.25, -0.2) is 9.79 Å². The first kappa shape index (κ1) is 22.8. The SMILES string of the molecule is CCOc1cc(/C=C2/N=C(c3ccc(NC(C)=O)cc3)OC2=O)ccc1OCc1ccccc1. The van der Waals surface area contributed by atoms with E-state index in [1.807, 2.05) is 49.4 Å². The third-order valence-corrected chi connectivity index (χ3v) is 4.88. The molecule has 0 aliphatic carbocycles. The molecule has 34 heavy (non-hydrogen) atoms. The van der Waals surface area contributed by atoms with Crippen LogP contribution in [0.2, 0.25) is 0 Å². The molecular weight excluding hydrogens is 432 g/mol. The fourth-order valence-corrected chi connectivity index (χ4v) is 3.33. The predicted molar refractivity (Wildman–Crippen MR) is 130 cm³/mol. The molecule has 0 saturated heterocycles. The Bertz CT molecular complexity index is 1250. The van der Waals surface area contributed by atoms with Gasteiger partial charge in [0.25, 0.3) is 0 Å². The molecule has 1 amide bonds. The average Bonchev–Trinajstić information content (AvgIpc) is 3.19. The Morgan fingerprint density at radius 1 is 1.00 bits per heavy atom. The Labute approximate surface area is 197 Å². The normalized spacial score (nSPS) is 13.9. The molecular formula is C27H24N2O5. The summed E-state index contributed by atoms with van der Waals surface area (Å²) in [5, 5.41) is 2.69. The minimum Gasteiger partial charge on any atom is -0.490 e. The molecule has 0 atom stereocenters. The van der Waals surface area contributed by atoms with E-state index in [1.165, 1.54) is 6.92 Å². The monoisotopic (exact) mass is 456 g/mol. The number of hydrogen-bond acceptors (Lipinski definition) is 6. The molecule has 0 radical (unpaired) electrons. The van der Waals surface area contributed by atoms with Crippen molar-refractivity contribution in [2.45, 2.75) is 20.5 Å². The van der Waals surface area contributed by atoms with Gasteiger partial charge in [-0.2, -0.15) is 0 Å². The Morgan fingerprint density at radius 2 is 1.76 bits per heavy atom. The van der Waals surface area contributed by atoms with Crippen LogP contribution in [-0.4, -0.2) is 24.4 Å². The van der Waals surface area contributed by atoms with Crippen LogP contribution in [0.4, 0.5) is 5.69 Å². The second-order valence-electron chi connectivity index (χ2n) is 7.51. The molecule has 1 aliphatic heterocycles. The van der Waals surface area contributed by atoms with E-state index in [0.717, 1.165) is 11.1 Å². The molecule has 0 bridgehead atoms. The van der Waals surface area contributed by atoms with Crippen LogP contribution >= 0.6 is 0 Å². The lowest BCUT2D eigenvalue weighted by molar-refractivity contribution is -0.129. The molecule has 3 aromatic carbocycles. The van der Waals surface area contributed by atoms with Gasteiger partial charge in [-0.05, 0) is 60.5 Å². The van der Waals surface area contributed by atoms with Crippen LogP contribution in [-0.2, 0) is 20.9 Å². The highest BCUT2D eigenvalue weighted by atomic mass is 16.6. The van der Waals surface area contributed by atoms with Crippen molar-refractivity contribution in [2.75, 3.05) is 11.9 Å². The largest absolute Gasteiger partial charge is 0.490 e. The molecule has 0 unspecified atom stereocenters. The first-order valence-corrected chi connectivity index (χ1v) is 10.9. The number of ether oxygens (including phenoxy) is 3. The van der Waals surface area contributed by atoms with E-state index in [-0.39, 0.29) is 17.5 Å². The number of esters is 1. The predicted octanol–water partition coefficient (Wildman–Crippen LogP) is 4.97. The molecule has 0 saturated carbocycles. The van der Waals surface area contributed by atoms with E-state index >= 15 is 0 Å². The van der Waals surface area contributed by atoms with Gasteiger partial charge in [0.1, 0.15) is 6.61 Å². The third kappa shape index (κ3) is 5.69. The maximum Gasteiger partial charge on any atom is 0.363 e. The number of amides is 1. The lowest BCUT2D eigenvalue weighted by atomic mass is 10.1. The van der Waals surface area contributed by atoms with Crippen molar-refractivity contribution in [3.05, 3.63) is 95.2 Å². The number of nitrogens with zero attached hydrogens (tertiary/aromatic N) is 1. The van der Waals surface area contributed by atoms with Gasteiger partial charge in [0.2, 0.25) is 11.8 Å². The van der Waals surface area contributed by atoms with Crippen LogP contribution in [0.1, 0.15) is 30.5 Å². The van der Waals surface area contributed by atoms with Crippen molar-refractivity contribution in [2.24, 2.45) is 4.99 Å². The minimum atomic E-state index is -0.539. The second kappa shape index (κ2) is 10.5. The van der Waals surface area contributed by atoms with Gasteiger partial charge < -0.3 is 19.5 Å². The highest BCUT2D eigenvalue weighted by molar-refractivity contribution is 6.13. The second-order valence-corrected chi connectivity index (χ2v) is 7.51. The number of carbonyl (C=O) groups excluding carboxylic acids is 2. The summed E-state index contributed by atoms with van der Waals surface area (Å²) in [4.78, 5) is 27.9. The topological polar surface area (TPSA) is 86.2 Å². The third-order valence-electron chi connectivity index (χ3n) is 4.88. The number of anilines is 1. The molecule has 0 spiro atoms. The maximum absolute atomic E-state index is 12.4. The molecule has 0 aromatic heterocycles. The Morgan fingerprint density at radius 3 is 2.47 bits per heavy atom. The summed E-state index contributed by atoms with van der Waals surface area (Å²) in [6.07, 6.45) is 1.64. The van der Waals surface area contributed by atoms with E-state index < -0.39 is 5.97 Å². The first-order valence-electron chi connectivity index (χ1n) is 10.9.